The topological polar surface area (TPSA) is 58.2 Å². The van der Waals surface area contributed by atoms with Gasteiger partial charge in [0.2, 0.25) is 0 Å². The summed E-state index contributed by atoms with van der Waals surface area (Å²) >= 11 is 0. The minimum absolute atomic E-state index is 0.00752. The van der Waals surface area contributed by atoms with Crippen LogP contribution in [0.3, 0.4) is 0 Å². The van der Waals surface area contributed by atoms with Gasteiger partial charge in [0, 0.05) is 24.3 Å². The molecule has 3 heterocycles. The largest absolute Gasteiger partial charge is 0.376 e. The van der Waals surface area contributed by atoms with Crippen molar-refractivity contribution < 1.29 is 9.53 Å². The quantitative estimate of drug-likeness (QED) is 0.660. The molecule has 2 unspecified atom stereocenters. The van der Waals surface area contributed by atoms with Gasteiger partial charge in [0.05, 0.1) is 17.8 Å². The molecule has 0 radical (unpaired) electrons. The van der Waals surface area contributed by atoms with Gasteiger partial charge in [-0.3, -0.25) is 9.89 Å². The van der Waals surface area contributed by atoms with Crippen LogP contribution in [0.5, 0.6) is 0 Å². The highest BCUT2D eigenvalue weighted by Gasteiger charge is 2.43. The van der Waals surface area contributed by atoms with Crippen molar-refractivity contribution in [3.8, 4) is 11.3 Å². The molecular formula is C25H27N3O2. The summed E-state index contributed by atoms with van der Waals surface area (Å²) in [5.41, 5.74) is 5.86. The van der Waals surface area contributed by atoms with E-state index < -0.39 is 0 Å². The van der Waals surface area contributed by atoms with E-state index in [1.165, 1.54) is 5.56 Å². The average Bonchev–Trinajstić information content (AvgIpc) is 3.49. The van der Waals surface area contributed by atoms with Crippen LogP contribution in [0.1, 0.15) is 65.8 Å². The highest BCUT2D eigenvalue weighted by Crippen LogP contribution is 2.43. The van der Waals surface area contributed by atoms with Crippen LogP contribution in [0.15, 0.2) is 54.6 Å². The maximum Gasteiger partial charge on any atom is 0.273 e. The standard InChI is InChI=1S/C25H27N3O2/c1-16(2)17-10-12-19(13-11-17)24-21-22(18-7-4-3-5-8-18)26-27-23(21)25(29)28(24)15-20-9-6-14-30-20/h3-5,7-8,10-13,16,20,24H,6,9,14-15H2,1-2H3,(H,26,27). The molecule has 5 nitrogen and oxygen atoms in total. The van der Waals surface area contributed by atoms with Gasteiger partial charge in [-0.15, -0.1) is 0 Å². The molecule has 1 fully saturated rings. The van der Waals surface area contributed by atoms with Crippen LogP contribution >= 0.6 is 0 Å². The molecule has 1 amide bonds. The van der Waals surface area contributed by atoms with Gasteiger partial charge in [-0.05, 0) is 29.9 Å². The van der Waals surface area contributed by atoms with E-state index >= 15 is 0 Å². The molecule has 5 heteroatoms. The average molecular weight is 402 g/mol. The van der Waals surface area contributed by atoms with Gasteiger partial charge in [0.25, 0.3) is 5.91 Å². The molecule has 1 aromatic heterocycles. The van der Waals surface area contributed by atoms with Crippen molar-refractivity contribution >= 4 is 5.91 Å². The molecular weight excluding hydrogens is 374 g/mol. The van der Waals surface area contributed by atoms with Crippen LogP contribution in [-0.2, 0) is 4.74 Å². The van der Waals surface area contributed by atoms with Crippen LogP contribution in [-0.4, -0.2) is 40.3 Å². The SMILES string of the molecule is CC(C)c1ccc(C2c3c(-c4ccccc4)n[nH]c3C(=O)N2CC2CCCO2)cc1. The first-order valence-corrected chi connectivity index (χ1v) is 10.8. The first-order valence-electron chi connectivity index (χ1n) is 10.8. The Kier molecular flexibility index (Phi) is 4.91. The van der Waals surface area contributed by atoms with Gasteiger partial charge in [0.1, 0.15) is 5.69 Å². The van der Waals surface area contributed by atoms with Crippen LogP contribution < -0.4 is 0 Å². The second-order valence-corrected chi connectivity index (χ2v) is 8.54. The van der Waals surface area contributed by atoms with E-state index in [0.29, 0.717) is 18.2 Å². The molecule has 1 saturated heterocycles. The minimum Gasteiger partial charge on any atom is -0.376 e. The minimum atomic E-state index is -0.160. The monoisotopic (exact) mass is 401 g/mol. The summed E-state index contributed by atoms with van der Waals surface area (Å²) in [6.07, 6.45) is 2.16. The number of nitrogens with zero attached hydrogens (tertiary/aromatic N) is 2. The molecule has 3 aromatic rings. The highest BCUT2D eigenvalue weighted by atomic mass is 16.5. The molecule has 0 bridgehead atoms. The molecule has 0 aliphatic carbocycles. The van der Waals surface area contributed by atoms with Gasteiger partial charge in [-0.2, -0.15) is 5.10 Å². The first-order chi connectivity index (χ1) is 14.6. The van der Waals surface area contributed by atoms with E-state index in [9.17, 15) is 4.79 Å². The number of benzene rings is 2. The Balaban J connectivity index is 1.60. The number of aromatic nitrogens is 2. The van der Waals surface area contributed by atoms with E-state index in [1.54, 1.807) is 0 Å². The zero-order valence-electron chi connectivity index (χ0n) is 17.5. The zero-order chi connectivity index (χ0) is 20.7. The summed E-state index contributed by atoms with van der Waals surface area (Å²) in [4.78, 5) is 15.4. The molecule has 2 aliphatic heterocycles. The van der Waals surface area contributed by atoms with Crippen molar-refractivity contribution in [1.29, 1.82) is 0 Å². The predicted molar refractivity (Wildman–Crippen MR) is 116 cm³/mol. The number of carbonyl (C=O) groups is 1. The fourth-order valence-corrected chi connectivity index (χ4v) is 4.62. The van der Waals surface area contributed by atoms with Gasteiger partial charge in [-0.1, -0.05) is 68.4 Å². The van der Waals surface area contributed by atoms with E-state index in [2.05, 4.69) is 48.3 Å². The maximum absolute atomic E-state index is 13.4. The van der Waals surface area contributed by atoms with Gasteiger partial charge in [-0.25, -0.2) is 0 Å². The van der Waals surface area contributed by atoms with Crippen LogP contribution in [0.4, 0.5) is 0 Å². The Bertz CT molecular complexity index is 1030. The normalized spacial score (nSPS) is 20.9. The molecule has 5 rings (SSSR count). The van der Waals surface area contributed by atoms with Crippen molar-refractivity contribution in [1.82, 2.24) is 15.1 Å². The number of nitrogens with one attached hydrogen (secondary N) is 1. The molecule has 30 heavy (non-hydrogen) atoms. The van der Waals surface area contributed by atoms with E-state index in [4.69, 9.17) is 4.74 Å². The third-order valence-electron chi connectivity index (χ3n) is 6.25. The van der Waals surface area contributed by atoms with E-state index in [1.807, 2.05) is 35.2 Å². The van der Waals surface area contributed by atoms with Crippen molar-refractivity contribution in [3.05, 3.63) is 77.0 Å². The lowest BCUT2D eigenvalue weighted by Crippen LogP contribution is -2.36. The number of aromatic amines is 1. The Hall–Kier alpha value is -2.92. The van der Waals surface area contributed by atoms with Crippen LogP contribution in [0.25, 0.3) is 11.3 Å². The van der Waals surface area contributed by atoms with Gasteiger partial charge < -0.3 is 9.64 Å². The second kappa shape index (κ2) is 7.73. The van der Waals surface area contributed by atoms with Crippen LogP contribution in [0, 0.1) is 0 Å². The molecule has 154 valence electrons. The molecule has 1 N–H and O–H groups in total. The summed E-state index contributed by atoms with van der Waals surface area (Å²) < 4.78 is 5.87. The maximum atomic E-state index is 13.4. The number of amides is 1. The summed E-state index contributed by atoms with van der Waals surface area (Å²) in [6.45, 7) is 5.77. The number of hydrogen-bond acceptors (Lipinski definition) is 3. The summed E-state index contributed by atoms with van der Waals surface area (Å²) in [5.74, 6) is 0.477. The fraction of sp³-hybridized carbons (Fsp3) is 0.360. The van der Waals surface area contributed by atoms with Crippen molar-refractivity contribution in [2.45, 2.75) is 44.8 Å². The lowest BCUT2D eigenvalue weighted by Gasteiger charge is -2.28. The summed E-state index contributed by atoms with van der Waals surface area (Å²) in [6, 6.07) is 18.6. The van der Waals surface area contributed by atoms with Crippen molar-refractivity contribution in [3.63, 3.8) is 0 Å². The molecule has 2 aliphatic rings. The third kappa shape index (κ3) is 3.23. The summed E-state index contributed by atoms with van der Waals surface area (Å²) in [5, 5.41) is 7.58. The Morgan fingerprint density at radius 3 is 2.57 bits per heavy atom. The summed E-state index contributed by atoms with van der Waals surface area (Å²) in [7, 11) is 0. The molecule has 0 saturated carbocycles. The Morgan fingerprint density at radius 2 is 1.90 bits per heavy atom. The third-order valence-corrected chi connectivity index (χ3v) is 6.25. The highest BCUT2D eigenvalue weighted by molar-refractivity contribution is 6.00. The van der Waals surface area contributed by atoms with E-state index in [0.717, 1.165) is 41.8 Å². The van der Waals surface area contributed by atoms with Gasteiger partial charge in [0.15, 0.2) is 0 Å². The second-order valence-electron chi connectivity index (χ2n) is 8.54. The number of hydrogen-bond donors (Lipinski definition) is 1. The number of carbonyl (C=O) groups excluding carboxylic acids is 1. The van der Waals surface area contributed by atoms with E-state index in [-0.39, 0.29) is 18.1 Å². The van der Waals surface area contributed by atoms with Crippen molar-refractivity contribution in [2.24, 2.45) is 0 Å². The molecule has 2 aromatic carbocycles. The predicted octanol–water partition coefficient (Wildman–Crippen LogP) is 4.92. The smallest absolute Gasteiger partial charge is 0.273 e. The molecule has 2 atom stereocenters. The van der Waals surface area contributed by atoms with Crippen molar-refractivity contribution in [2.75, 3.05) is 13.2 Å². The Labute approximate surface area is 177 Å². The van der Waals surface area contributed by atoms with Crippen LogP contribution in [0.2, 0.25) is 0 Å². The lowest BCUT2D eigenvalue weighted by atomic mass is 9.93. The zero-order valence-corrected chi connectivity index (χ0v) is 17.5. The number of ether oxygens (including phenoxy) is 1. The number of fused-ring (bicyclic) bond motifs is 1. The molecule has 0 spiro atoms. The van der Waals surface area contributed by atoms with Gasteiger partial charge >= 0.3 is 0 Å². The fourth-order valence-electron chi connectivity index (χ4n) is 4.62. The Morgan fingerprint density at radius 1 is 1.13 bits per heavy atom. The lowest BCUT2D eigenvalue weighted by molar-refractivity contribution is 0.0495. The number of H-pyrrole nitrogens is 1. The number of rotatable bonds is 5. The first kappa shape index (κ1) is 19.1.